The van der Waals surface area contributed by atoms with Gasteiger partial charge in [-0.3, -0.25) is 9.59 Å². The predicted molar refractivity (Wildman–Crippen MR) is 79.7 cm³/mol. The minimum atomic E-state index is -1.16. The van der Waals surface area contributed by atoms with Crippen LogP contribution in [0.25, 0.3) is 0 Å². The molecule has 1 atom stereocenters. The molecule has 0 radical (unpaired) electrons. The Morgan fingerprint density at radius 3 is 2.33 bits per heavy atom. The van der Waals surface area contributed by atoms with Crippen molar-refractivity contribution in [2.24, 2.45) is 5.73 Å². The van der Waals surface area contributed by atoms with Crippen LogP contribution in [-0.4, -0.2) is 28.8 Å². The molecule has 1 aromatic rings. The lowest BCUT2D eigenvalue weighted by Crippen LogP contribution is -2.33. The van der Waals surface area contributed by atoms with Gasteiger partial charge in [0.25, 0.3) is 0 Å². The Morgan fingerprint density at radius 1 is 1.29 bits per heavy atom. The van der Waals surface area contributed by atoms with Crippen LogP contribution in [0.1, 0.15) is 53.5 Å². The first-order chi connectivity index (χ1) is 9.83. The average Bonchev–Trinajstić information content (AvgIpc) is 2.45. The summed E-state index contributed by atoms with van der Waals surface area (Å²) in [7, 11) is 0. The lowest BCUT2D eigenvalue weighted by atomic mass is 9.93. The van der Waals surface area contributed by atoms with Gasteiger partial charge in [-0.25, -0.2) is 4.79 Å². The highest BCUT2D eigenvalue weighted by Gasteiger charge is 2.22. The van der Waals surface area contributed by atoms with Crippen LogP contribution in [0.2, 0.25) is 0 Å². The van der Waals surface area contributed by atoms with Crippen molar-refractivity contribution < 1.29 is 19.5 Å². The fourth-order valence-corrected chi connectivity index (χ4v) is 2.05. The number of carbonyl (C=O) groups excluding carboxylic acids is 2. The molecule has 0 saturated heterocycles. The lowest BCUT2D eigenvalue weighted by molar-refractivity contribution is -0.117. The summed E-state index contributed by atoms with van der Waals surface area (Å²) in [6.07, 6.45) is 0.620. The van der Waals surface area contributed by atoms with E-state index in [4.69, 9.17) is 5.73 Å². The molecule has 0 aliphatic heterocycles. The first kappa shape index (κ1) is 16.8. The van der Waals surface area contributed by atoms with Crippen LogP contribution in [0.3, 0.4) is 0 Å². The third kappa shape index (κ3) is 3.66. The first-order valence-electron chi connectivity index (χ1n) is 6.82. The van der Waals surface area contributed by atoms with E-state index in [-0.39, 0.29) is 29.2 Å². The van der Waals surface area contributed by atoms with Crippen LogP contribution in [0.4, 0.5) is 5.69 Å². The number of nitrogens with one attached hydrogen (secondary N) is 1. The molecule has 0 aliphatic rings. The summed E-state index contributed by atoms with van der Waals surface area (Å²) in [5, 5.41) is 11.9. The molecule has 0 unspecified atom stereocenters. The van der Waals surface area contributed by atoms with E-state index in [1.54, 1.807) is 20.8 Å². The van der Waals surface area contributed by atoms with Gasteiger partial charge in [0.1, 0.15) is 0 Å². The van der Waals surface area contributed by atoms with E-state index in [0.29, 0.717) is 17.7 Å². The summed E-state index contributed by atoms with van der Waals surface area (Å²) in [5.74, 6) is -1.81. The number of benzene rings is 1. The summed E-state index contributed by atoms with van der Waals surface area (Å²) in [5.41, 5.74) is 6.58. The number of carboxylic acids is 1. The summed E-state index contributed by atoms with van der Waals surface area (Å²) in [6, 6.07) is 2.13. The van der Waals surface area contributed by atoms with E-state index in [0.717, 1.165) is 0 Å². The van der Waals surface area contributed by atoms with Gasteiger partial charge >= 0.3 is 5.97 Å². The summed E-state index contributed by atoms with van der Waals surface area (Å²) >= 11 is 0. The number of Topliss-reactive ketones (excluding diaryl/α,β-unsaturated/α-hetero) is 1. The largest absolute Gasteiger partial charge is 0.478 e. The van der Waals surface area contributed by atoms with Crippen LogP contribution < -0.4 is 11.1 Å². The quantitative estimate of drug-likeness (QED) is 0.693. The van der Waals surface area contributed by atoms with Crippen LogP contribution >= 0.6 is 0 Å². The maximum atomic E-state index is 12.1. The van der Waals surface area contributed by atoms with Gasteiger partial charge in [-0.2, -0.15) is 0 Å². The van der Waals surface area contributed by atoms with Gasteiger partial charge in [-0.1, -0.05) is 13.8 Å². The maximum Gasteiger partial charge on any atom is 0.336 e. The molecule has 6 nitrogen and oxygen atoms in total. The van der Waals surface area contributed by atoms with E-state index in [1.165, 1.54) is 12.1 Å². The smallest absolute Gasteiger partial charge is 0.336 e. The molecule has 0 heterocycles. The summed E-state index contributed by atoms with van der Waals surface area (Å²) < 4.78 is 0. The van der Waals surface area contributed by atoms with Crippen LogP contribution in [0.5, 0.6) is 0 Å². The molecule has 1 rings (SSSR count). The number of amides is 1. The van der Waals surface area contributed by atoms with Crippen molar-refractivity contribution >= 4 is 23.3 Å². The van der Waals surface area contributed by atoms with Gasteiger partial charge in [0.2, 0.25) is 5.91 Å². The Bertz CT molecular complexity index is 579. The molecule has 0 spiro atoms. The van der Waals surface area contributed by atoms with E-state index in [1.807, 2.05) is 0 Å². The Balaban J connectivity index is 3.45. The topological polar surface area (TPSA) is 109 Å². The zero-order chi connectivity index (χ0) is 16.2. The zero-order valence-corrected chi connectivity index (χ0v) is 12.4. The first-order valence-corrected chi connectivity index (χ1v) is 6.82. The van der Waals surface area contributed by atoms with Gasteiger partial charge in [0.15, 0.2) is 5.78 Å². The molecule has 1 aromatic carbocycles. The molecule has 4 N–H and O–H groups in total. The number of rotatable bonds is 6. The normalized spacial score (nSPS) is 11.8. The number of hydrogen-bond acceptors (Lipinski definition) is 4. The van der Waals surface area contributed by atoms with Gasteiger partial charge in [-0.05, 0) is 31.0 Å². The fraction of sp³-hybridized carbons (Fsp3) is 0.400. The molecular weight excluding hydrogens is 272 g/mol. The van der Waals surface area contributed by atoms with E-state index in [2.05, 4.69) is 5.32 Å². The third-order valence-electron chi connectivity index (χ3n) is 3.17. The van der Waals surface area contributed by atoms with Crippen molar-refractivity contribution in [1.29, 1.82) is 0 Å². The highest BCUT2D eigenvalue weighted by molar-refractivity contribution is 6.09. The summed E-state index contributed by atoms with van der Waals surface area (Å²) in [6.45, 7) is 5.01. The second-order valence-electron chi connectivity index (χ2n) is 4.73. The summed E-state index contributed by atoms with van der Waals surface area (Å²) in [4.78, 5) is 35.1. The number of carbonyl (C=O) groups is 3. The third-order valence-corrected chi connectivity index (χ3v) is 3.17. The van der Waals surface area contributed by atoms with Crippen molar-refractivity contribution in [1.82, 2.24) is 0 Å². The number of hydrogen-bond donors (Lipinski definition) is 3. The number of aromatic carboxylic acids is 1. The minimum absolute atomic E-state index is 0.0440. The van der Waals surface area contributed by atoms with Crippen LogP contribution in [-0.2, 0) is 11.2 Å². The highest BCUT2D eigenvalue weighted by Crippen LogP contribution is 2.26. The van der Waals surface area contributed by atoms with Crippen molar-refractivity contribution in [2.75, 3.05) is 5.32 Å². The second kappa shape index (κ2) is 6.99. The minimum Gasteiger partial charge on any atom is -0.478 e. The standard InChI is InChI=1S/C15H20N2O4/c1-4-9-11(17-14(19)8(3)16)7-6-10(15(20)21)13(9)12(18)5-2/h6-8H,4-5,16H2,1-3H3,(H,17,19)(H,20,21)/t8-/m0/s1. The molecule has 6 heteroatoms. The highest BCUT2D eigenvalue weighted by atomic mass is 16.4. The molecule has 0 bridgehead atoms. The van der Waals surface area contributed by atoms with E-state index >= 15 is 0 Å². The molecule has 21 heavy (non-hydrogen) atoms. The second-order valence-corrected chi connectivity index (χ2v) is 4.73. The van der Waals surface area contributed by atoms with Gasteiger partial charge in [0.05, 0.1) is 11.6 Å². The molecule has 114 valence electrons. The average molecular weight is 292 g/mol. The zero-order valence-electron chi connectivity index (χ0n) is 12.4. The molecule has 1 amide bonds. The van der Waals surface area contributed by atoms with Crippen LogP contribution in [0.15, 0.2) is 12.1 Å². The SMILES string of the molecule is CCC(=O)c1c(C(=O)O)ccc(NC(=O)[C@H](C)N)c1CC. The van der Waals surface area contributed by atoms with Gasteiger partial charge in [-0.15, -0.1) is 0 Å². The number of anilines is 1. The molecule has 0 fully saturated rings. The predicted octanol–water partition coefficient (Wildman–Crippen LogP) is 1.83. The number of carboxylic acid groups (broad SMARTS) is 1. The number of ketones is 1. The van der Waals surface area contributed by atoms with Crippen molar-refractivity contribution in [2.45, 2.75) is 39.7 Å². The van der Waals surface area contributed by atoms with Crippen LogP contribution in [0, 0.1) is 0 Å². The van der Waals surface area contributed by atoms with E-state index < -0.39 is 12.0 Å². The number of nitrogens with two attached hydrogens (primary N) is 1. The van der Waals surface area contributed by atoms with Gasteiger partial charge in [0, 0.05) is 17.7 Å². The van der Waals surface area contributed by atoms with Crippen molar-refractivity contribution in [3.05, 3.63) is 28.8 Å². The maximum absolute atomic E-state index is 12.1. The van der Waals surface area contributed by atoms with E-state index in [9.17, 15) is 19.5 Å². The van der Waals surface area contributed by atoms with Gasteiger partial charge < -0.3 is 16.2 Å². The monoisotopic (exact) mass is 292 g/mol. The molecule has 0 aromatic heterocycles. The lowest BCUT2D eigenvalue weighted by Gasteiger charge is -2.16. The molecule has 0 aliphatic carbocycles. The molecular formula is C15H20N2O4. The fourth-order valence-electron chi connectivity index (χ4n) is 2.05. The Morgan fingerprint density at radius 2 is 1.90 bits per heavy atom. The van der Waals surface area contributed by atoms with Crippen molar-refractivity contribution in [3.8, 4) is 0 Å². The Kier molecular flexibility index (Phi) is 5.60. The Hall–Kier alpha value is -2.21. The molecule has 0 saturated carbocycles. The van der Waals surface area contributed by atoms with Crippen molar-refractivity contribution in [3.63, 3.8) is 0 Å². The Labute approximate surface area is 123 Å².